The number of hydrogen-bond donors (Lipinski definition) is 1. The SMILES string of the molecule is NC1CCCC2CN(C(=O)c3ccc(F)c(C(F)(F)F)c3)CC12. The van der Waals surface area contributed by atoms with E-state index in [1.165, 1.54) is 0 Å². The molecule has 1 heterocycles. The molecular weight excluding hydrogens is 312 g/mol. The van der Waals surface area contributed by atoms with Gasteiger partial charge in [-0.2, -0.15) is 13.2 Å². The quantitative estimate of drug-likeness (QED) is 0.805. The maximum Gasteiger partial charge on any atom is 0.419 e. The number of carbonyl (C=O) groups excluding carboxylic acids is 1. The van der Waals surface area contributed by atoms with Gasteiger partial charge in [0.1, 0.15) is 5.82 Å². The van der Waals surface area contributed by atoms with Crippen molar-refractivity contribution in [1.29, 1.82) is 0 Å². The van der Waals surface area contributed by atoms with Gasteiger partial charge in [-0.1, -0.05) is 6.42 Å². The Kier molecular flexibility index (Phi) is 4.08. The molecule has 1 saturated carbocycles. The molecule has 2 fully saturated rings. The van der Waals surface area contributed by atoms with Gasteiger partial charge in [-0.05, 0) is 42.9 Å². The molecule has 7 heteroatoms. The molecule has 3 nitrogen and oxygen atoms in total. The highest BCUT2D eigenvalue weighted by Gasteiger charge is 2.41. The Morgan fingerprint density at radius 2 is 1.96 bits per heavy atom. The molecule has 1 saturated heterocycles. The average molecular weight is 330 g/mol. The van der Waals surface area contributed by atoms with Crippen molar-refractivity contribution >= 4 is 5.91 Å². The van der Waals surface area contributed by atoms with Crippen LogP contribution in [0, 0.1) is 17.7 Å². The Balaban J connectivity index is 1.82. The Morgan fingerprint density at radius 3 is 2.61 bits per heavy atom. The van der Waals surface area contributed by atoms with E-state index in [-0.39, 0.29) is 17.5 Å². The molecule has 126 valence electrons. The topological polar surface area (TPSA) is 46.3 Å². The number of alkyl halides is 3. The van der Waals surface area contributed by atoms with E-state index in [0.29, 0.717) is 31.1 Å². The van der Waals surface area contributed by atoms with Crippen molar-refractivity contribution in [3.8, 4) is 0 Å². The number of fused-ring (bicyclic) bond motifs is 1. The van der Waals surface area contributed by atoms with E-state index in [2.05, 4.69) is 0 Å². The fourth-order valence-corrected chi connectivity index (χ4v) is 3.74. The normalized spacial score (nSPS) is 27.9. The maximum absolute atomic E-state index is 13.3. The summed E-state index contributed by atoms with van der Waals surface area (Å²) in [6.07, 6.45) is -1.90. The van der Waals surface area contributed by atoms with Crippen LogP contribution in [0.25, 0.3) is 0 Å². The average Bonchev–Trinajstić information content (AvgIpc) is 2.91. The van der Waals surface area contributed by atoms with Crippen LogP contribution in [-0.4, -0.2) is 29.9 Å². The zero-order chi connectivity index (χ0) is 16.8. The Bertz CT molecular complexity index is 617. The zero-order valence-electron chi connectivity index (χ0n) is 12.4. The van der Waals surface area contributed by atoms with E-state index < -0.39 is 23.5 Å². The van der Waals surface area contributed by atoms with E-state index in [1.54, 1.807) is 4.90 Å². The minimum absolute atomic E-state index is 0.0329. The van der Waals surface area contributed by atoms with Crippen molar-refractivity contribution in [3.05, 3.63) is 35.1 Å². The lowest BCUT2D eigenvalue weighted by atomic mass is 9.78. The number of rotatable bonds is 1. The third-order valence-corrected chi connectivity index (χ3v) is 4.96. The van der Waals surface area contributed by atoms with Gasteiger partial charge in [0.25, 0.3) is 5.91 Å². The summed E-state index contributed by atoms with van der Waals surface area (Å²) in [5, 5.41) is 0. The van der Waals surface area contributed by atoms with E-state index in [0.717, 1.165) is 25.3 Å². The summed E-state index contributed by atoms with van der Waals surface area (Å²) < 4.78 is 51.7. The van der Waals surface area contributed by atoms with Gasteiger partial charge in [0.2, 0.25) is 0 Å². The highest BCUT2D eigenvalue weighted by molar-refractivity contribution is 5.94. The van der Waals surface area contributed by atoms with Gasteiger partial charge in [-0.15, -0.1) is 0 Å². The van der Waals surface area contributed by atoms with Gasteiger partial charge in [-0.25, -0.2) is 4.39 Å². The first-order valence-corrected chi connectivity index (χ1v) is 7.69. The van der Waals surface area contributed by atoms with E-state index in [1.807, 2.05) is 0 Å². The largest absolute Gasteiger partial charge is 0.419 e. The third-order valence-electron chi connectivity index (χ3n) is 4.96. The summed E-state index contributed by atoms with van der Waals surface area (Å²) in [5.41, 5.74) is 4.55. The van der Waals surface area contributed by atoms with Gasteiger partial charge >= 0.3 is 6.18 Å². The molecule has 0 spiro atoms. The zero-order valence-corrected chi connectivity index (χ0v) is 12.4. The van der Waals surface area contributed by atoms with Gasteiger partial charge in [-0.3, -0.25) is 4.79 Å². The number of amides is 1. The second-order valence-corrected chi connectivity index (χ2v) is 6.42. The molecule has 0 aromatic heterocycles. The number of halogens is 4. The number of nitrogens with zero attached hydrogens (tertiary/aromatic N) is 1. The molecule has 1 aromatic rings. The van der Waals surface area contributed by atoms with Crippen molar-refractivity contribution in [2.75, 3.05) is 13.1 Å². The van der Waals surface area contributed by atoms with Crippen LogP contribution in [0.15, 0.2) is 18.2 Å². The summed E-state index contributed by atoms with van der Waals surface area (Å²) in [7, 11) is 0. The van der Waals surface area contributed by atoms with Crippen LogP contribution in [0.3, 0.4) is 0 Å². The van der Waals surface area contributed by atoms with Crippen LogP contribution >= 0.6 is 0 Å². The lowest BCUT2D eigenvalue weighted by Gasteiger charge is -2.29. The number of benzene rings is 1. The molecule has 3 rings (SSSR count). The van der Waals surface area contributed by atoms with Crippen LogP contribution in [0.1, 0.15) is 35.2 Å². The first-order chi connectivity index (χ1) is 10.8. The van der Waals surface area contributed by atoms with E-state index in [9.17, 15) is 22.4 Å². The molecule has 23 heavy (non-hydrogen) atoms. The summed E-state index contributed by atoms with van der Waals surface area (Å²) in [6.45, 7) is 0.972. The number of likely N-dealkylation sites (tertiary alicyclic amines) is 1. The van der Waals surface area contributed by atoms with Crippen LogP contribution in [0.4, 0.5) is 17.6 Å². The first kappa shape index (κ1) is 16.2. The van der Waals surface area contributed by atoms with E-state index in [4.69, 9.17) is 5.73 Å². The highest BCUT2D eigenvalue weighted by atomic mass is 19.4. The summed E-state index contributed by atoms with van der Waals surface area (Å²) in [6, 6.07) is 2.43. The molecule has 3 atom stereocenters. The van der Waals surface area contributed by atoms with Crippen molar-refractivity contribution in [2.45, 2.75) is 31.5 Å². The van der Waals surface area contributed by atoms with Gasteiger partial charge in [0.15, 0.2) is 0 Å². The fraction of sp³-hybridized carbons (Fsp3) is 0.562. The molecular formula is C16H18F4N2O. The summed E-state index contributed by atoms with van der Waals surface area (Å²) in [5.74, 6) is -1.34. The molecule has 1 amide bonds. The first-order valence-electron chi connectivity index (χ1n) is 7.69. The second kappa shape index (κ2) is 5.78. The predicted molar refractivity (Wildman–Crippen MR) is 76.1 cm³/mol. The third kappa shape index (κ3) is 3.06. The molecule has 1 aliphatic carbocycles. The van der Waals surface area contributed by atoms with Crippen LogP contribution in [0.5, 0.6) is 0 Å². The molecule has 1 aromatic carbocycles. The molecule has 0 radical (unpaired) electrons. The number of carbonyl (C=O) groups is 1. The molecule has 3 unspecified atom stereocenters. The van der Waals surface area contributed by atoms with E-state index >= 15 is 0 Å². The van der Waals surface area contributed by atoms with Gasteiger partial charge in [0, 0.05) is 24.7 Å². The molecule has 2 N–H and O–H groups in total. The minimum atomic E-state index is -4.82. The standard InChI is InChI=1S/C16H18F4N2O/c17-13-5-4-9(6-12(13)16(18,19)20)15(23)22-7-10-2-1-3-14(21)11(10)8-22/h4-6,10-11,14H,1-3,7-8,21H2. The lowest BCUT2D eigenvalue weighted by Crippen LogP contribution is -2.38. The fourth-order valence-electron chi connectivity index (χ4n) is 3.74. The lowest BCUT2D eigenvalue weighted by molar-refractivity contribution is -0.140. The van der Waals surface area contributed by atoms with Crippen LogP contribution in [0.2, 0.25) is 0 Å². The summed E-state index contributed by atoms with van der Waals surface area (Å²) in [4.78, 5) is 14.0. The van der Waals surface area contributed by atoms with Crippen LogP contribution in [-0.2, 0) is 6.18 Å². The Labute approximate surface area is 131 Å². The van der Waals surface area contributed by atoms with Gasteiger partial charge in [0.05, 0.1) is 5.56 Å². The second-order valence-electron chi connectivity index (χ2n) is 6.42. The van der Waals surface area contributed by atoms with Crippen molar-refractivity contribution in [3.63, 3.8) is 0 Å². The predicted octanol–water partition coefficient (Wildman–Crippen LogP) is 3.04. The maximum atomic E-state index is 13.3. The molecule has 2 aliphatic rings. The number of hydrogen-bond acceptors (Lipinski definition) is 2. The molecule has 1 aliphatic heterocycles. The van der Waals surface area contributed by atoms with Crippen molar-refractivity contribution in [2.24, 2.45) is 17.6 Å². The highest BCUT2D eigenvalue weighted by Crippen LogP contribution is 2.37. The van der Waals surface area contributed by atoms with Crippen molar-refractivity contribution in [1.82, 2.24) is 4.90 Å². The van der Waals surface area contributed by atoms with Crippen LogP contribution < -0.4 is 5.73 Å². The molecule has 0 bridgehead atoms. The monoisotopic (exact) mass is 330 g/mol. The summed E-state index contributed by atoms with van der Waals surface area (Å²) >= 11 is 0. The minimum Gasteiger partial charge on any atom is -0.338 e. The Hall–Kier alpha value is -1.63. The number of nitrogens with two attached hydrogens (primary N) is 1. The van der Waals surface area contributed by atoms with Gasteiger partial charge < -0.3 is 10.6 Å². The van der Waals surface area contributed by atoms with Crippen molar-refractivity contribution < 1.29 is 22.4 Å². The Morgan fingerprint density at radius 1 is 1.22 bits per heavy atom. The smallest absolute Gasteiger partial charge is 0.338 e.